The third kappa shape index (κ3) is 13.9. The molecule has 1 N–H and O–H groups in total. The van der Waals surface area contributed by atoms with Gasteiger partial charge in [0, 0.05) is 29.3 Å². The summed E-state index contributed by atoms with van der Waals surface area (Å²) >= 11 is 0. The minimum Gasteiger partial charge on any atom is -0.355 e. The minimum absolute atomic E-state index is 0.950. The quantitative estimate of drug-likeness (QED) is 0.0479. The van der Waals surface area contributed by atoms with Gasteiger partial charge in [0.15, 0.2) is 0 Å². The van der Waals surface area contributed by atoms with Crippen molar-refractivity contribution in [1.82, 2.24) is 24.5 Å². The molecule has 62 heavy (non-hydrogen) atoms. The Bertz CT molecular complexity index is 2170. The van der Waals surface area contributed by atoms with Gasteiger partial charge in [0.1, 0.15) is 0 Å². The highest BCUT2D eigenvalue weighted by molar-refractivity contribution is 5.94. The summed E-state index contributed by atoms with van der Waals surface area (Å²) in [6, 6.07) is 15.8. The number of aromatic nitrogens is 5. The van der Waals surface area contributed by atoms with Gasteiger partial charge in [-0.05, 0) is 122 Å². The summed E-state index contributed by atoms with van der Waals surface area (Å²) in [6.07, 6.45) is 44.7. The standard InChI is InChI=1S/C57H81N5/c1-5-9-13-17-21-25-31-45-41-50-43-48-36-35-46(59-48)42-47-37-38-49(60-47)44-54-55(53-34-28-29-39-58-53)51(32-26-22-18-14-10-6-2)57(62(54)40-30-24-20-16-12-8-4)52(56(45)61-50)33-27-23-19-15-11-7-3/h28-29,34-39,41-44,61H,5-27,30-33,40H2,1-4H3. The summed E-state index contributed by atoms with van der Waals surface area (Å²) in [5, 5.41) is 0. The summed E-state index contributed by atoms with van der Waals surface area (Å²) in [7, 11) is 0. The molecule has 0 aromatic carbocycles. The van der Waals surface area contributed by atoms with Crippen molar-refractivity contribution in [2.45, 2.75) is 208 Å². The number of nitrogens with zero attached hydrogens (tertiary/aromatic N) is 4. The monoisotopic (exact) mass is 836 g/mol. The maximum Gasteiger partial charge on any atom is 0.0726 e. The van der Waals surface area contributed by atoms with Crippen LogP contribution in [0.2, 0.25) is 0 Å². The van der Waals surface area contributed by atoms with E-state index < -0.39 is 0 Å². The van der Waals surface area contributed by atoms with Gasteiger partial charge in [0.2, 0.25) is 0 Å². The molecule has 6 heterocycles. The van der Waals surface area contributed by atoms with Crippen LogP contribution in [-0.4, -0.2) is 24.5 Å². The number of H-pyrrole nitrogens is 1. The minimum atomic E-state index is 0.950. The highest BCUT2D eigenvalue weighted by Crippen LogP contribution is 2.39. The Morgan fingerprint density at radius 3 is 1.55 bits per heavy atom. The molecule has 0 fully saturated rings. The van der Waals surface area contributed by atoms with Crippen LogP contribution in [0.4, 0.5) is 0 Å². The summed E-state index contributed by atoms with van der Waals surface area (Å²) in [5.41, 5.74) is 16.0. The van der Waals surface area contributed by atoms with Crippen molar-refractivity contribution in [3.63, 3.8) is 0 Å². The van der Waals surface area contributed by atoms with E-state index in [1.807, 2.05) is 6.20 Å². The number of aromatic amines is 1. The molecule has 0 spiro atoms. The first-order valence-corrected chi connectivity index (χ1v) is 25.7. The molecule has 8 bridgehead atoms. The molecule has 4 aromatic heterocycles. The fourth-order valence-electron chi connectivity index (χ4n) is 9.76. The van der Waals surface area contributed by atoms with Gasteiger partial charge in [-0.25, -0.2) is 9.97 Å². The zero-order valence-electron chi connectivity index (χ0n) is 39.5. The first-order valence-electron chi connectivity index (χ1n) is 25.7. The lowest BCUT2D eigenvalue weighted by molar-refractivity contribution is 0.569. The molecule has 0 unspecified atom stereocenters. The van der Waals surface area contributed by atoms with E-state index in [1.54, 1.807) is 0 Å². The number of aryl methyl sites for hydroxylation is 4. The van der Waals surface area contributed by atoms with E-state index in [0.29, 0.717) is 0 Å². The molecule has 5 nitrogen and oxygen atoms in total. The molecular formula is C57H81N5. The van der Waals surface area contributed by atoms with E-state index >= 15 is 0 Å². The van der Waals surface area contributed by atoms with Crippen molar-refractivity contribution < 1.29 is 0 Å². The maximum absolute atomic E-state index is 5.23. The molecule has 2 aliphatic heterocycles. The Morgan fingerprint density at radius 2 is 0.984 bits per heavy atom. The highest BCUT2D eigenvalue weighted by Gasteiger charge is 2.23. The normalized spacial score (nSPS) is 12.3. The van der Waals surface area contributed by atoms with Gasteiger partial charge >= 0.3 is 0 Å². The zero-order valence-corrected chi connectivity index (χ0v) is 39.5. The number of nitrogens with one attached hydrogen (secondary N) is 1. The van der Waals surface area contributed by atoms with Gasteiger partial charge in [-0.1, -0.05) is 162 Å². The third-order valence-corrected chi connectivity index (χ3v) is 13.2. The lowest BCUT2D eigenvalue weighted by atomic mass is 9.95. The van der Waals surface area contributed by atoms with Crippen LogP contribution in [0.25, 0.3) is 57.6 Å². The fraction of sp³-hybridized carbons (Fsp3) is 0.561. The molecule has 334 valence electrons. The average Bonchev–Trinajstić information content (AvgIpc) is 4.08. The van der Waals surface area contributed by atoms with Crippen LogP contribution in [0.3, 0.4) is 0 Å². The number of hydrogen-bond donors (Lipinski definition) is 1. The van der Waals surface area contributed by atoms with Gasteiger partial charge in [-0.2, -0.15) is 0 Å². The number of pyridine rings is 1. The molecule has 2 aliphatic rings. The molecular weight excluding hydrogens is 755 g/mol. The van der Waals surface area contributed by atoms with Gasteiger partial charge in [0.25, 0.3) is 0 Å². The number of hydrogen-bond acceptors (Lipinski definition) is 3. The predicted molar refractivity (Wildman–Crippen MR) is 270 cm³/mol. The molecule has 0 radical (unpaired) electrons. The van der Waals surface area contributed by atoms with Crippen molar-refractivity contribution in [2.24, 2.45) is 0 Å². The van der Waals surface area contributed by atoms with Crippen molar-refractivity contribution in [1.29, 1.82) is 0 Å². The van der Waals surface area contributed by atoms with E-state index in [-0.39, 0.29) is 0 Å². The van der Waals surface area contributed by atoms with Crippen LogP contribution in [0, 0.1) is 0 Å². The van der Waals surface area contributed by atoms with Crippen LogP contribution in [-0.2, 0) is 25.8 Å². The number of fused-ring (bicyclic) bond motifs is 8. The van der Waals surface area contributed by atoms with Crippen LogP contribution in [0.15, 0.2) is 48.7 Å². The van der Waals surface area contributed by atoms with Crippen LogP contribution in [0.1, 0.15) is 221 Å². The third-order valence-electron chi connectivity index (χ3n) is 13.2. The molecule has 4 aromatic rings. The predicted octanol–water partition coefficient (Wildman–Crippen LogP) is 17.3. The van der Waals surface area contributed by atoms with Crippen molar-refractivity contribution in [3.8, 4) is 11.3 Å². The lowest BCUT2D eigenvalue weighted by Crippen LogP contribution is -2.03. The average molecular weight is 836 g/mol. The molecule has 0 aliphatic carbocycles. The summed E-state index contributed by atoms with van der Waals surface area (Å²) in [4.78, 5) is 19.6. The Kier molecular flexibility index (Phi) is 20.1. The van der Waals surface area contributed by atoms with Gasteiger partial charge in [0.05, 0.1) is 39.5 Å². The maximum atomic E-state index is 5.23. The van der Waals surface area contributed by atoms with Gasteiger partial charge in [-0.15, -0.1) is 0 Å². The molecule has 6 rings (SSSR count). The highest BCUT2D eigenvalue weighted by atomic mass is 15.0. The Balaban J connectivity index is 1.66. The van der Waals surface area contributed by atoms with Gasteiger partial charge < -0.3 is 9.55 Å². The van der Waals surface area contributed by atoms with E-state index in [1.165, 1.54) is 193 Å². The molecule has 0 atom stereocenters. The van der Waals surface area contributed by atoms with E-state index in [2.05, 4.69) is 104 Å². The first kappa shape index (κ1) is 47.2. The summed E-state index contributed by atoms with van der Waals surface area (Å²) < 4.78 is 2.77. The second-order valence-electron chi connectivity index (χ2n) is 18.4. The second-order valence-corrected chi connectivity index (χ2v) is 18.4. The molecule has 5 heteroatoms. The van der Waals surface area contributed by atoms with Crippen LogP contribution < -0.4 is 0 Å². The molecule has 0 amide bonds. The smallest absolute Gasteiger partial charge is 0.0726 e. The SMILES string of the molecule is CCCCCCCCc1cc2cc3nc(cc4nc(cc5c(-c6ccccn6)c(CCCCCCCC)c(c(CCCCCCCC)c1[nH]2)n5CCCCCCCC)C=C4)C=C3. The van der Waals surface area contributed by atoms with Crippen molar-refractivity contribution in [2.75, 3.05) is 0 Å². The summed E-state index contributed by atoms with van der Waals surface area (Å²) in [6.45, 7) is 10.3. The molecule has 0 saturated carbocycles. The molecule has 0 saturated heterocycles. The number of rotatable bonds is 29. The van der Waals surface area contributed by atoms with Crippen LogP contribution in [0.5, 0.6) is 0 Å². The topological polar surface area (TPSA) is 59.4 Å². The van der Waals surface area contributed by atoms with Crippen LogP contribution >= 0.6 is 0 Å². The van der Waals surface area contributed by atoms with E-state index in [0.717, 1.165) is 59.8 Å². The summed E-state index contributed by atoms with van der Waals surface area (Å²) in [5.74, 6) is 0. The van der Waals surface area contributed by atoms with Crippen molar-refractivity contribution in [3.05, 3.63) is 88.1 Å². The first-order chi connectivity index (χ1) is 30.6. The second kappa shape index (κ2) is 26.4. The van der Waals surface area contributed by atoms with Crippen molar-refractivity contribution >= 4 is 46.4 Å². The van der Waals surface area contributed by atoms with E-state index in [4.69, 9.17) is 15.0 Å². The fourth-order valence-corrected chi connectivity index (χ4v) is 9.76. The largest absolute Gasteiger partial charge is 0.355 e. The Hall–Kier alpha value is -4.25. The lowest BCUT2D eigenvalue weighted by Gasteiger charge is -2.14. The van der Waals surface area contributed by atoms with E-state index in [9.17, 15) is 0 Å². The van der Waals surface area contributed by atoms with Gasteiger partial charge in [-0.3, -0.25) is 4.98 Å². The Labute approximate surface area is 376 Å². The number of unbranched alkanes of at least 4 members (excludes halogenated alkanes) is 20. The zero-order chi connectivity index (χ0) is 43.2. The Morgan fingerprint density at radius 1 is 0.484 bits per heavy atom.